The predicted molar refractivity (Wildman–Crippen MR) is 131 cm³/mol. The molecule has 7 nitrogen and oxygen atoms in total. The van der Waals surface area contributed by atoms with Gasteiger partial charge in [0.25, 0.3) is 5.56 Å². The summed E-state index contributed by atoms with van der Waals surface area (Å²) in [5, 5.41) is 1.75. The molecule has 0 amide bonds. The molecule has 2 aliphatic rings. The van der Waals surface area contributed by atoms with Crippen LogP contribution in [0.1, 0.15) is 38.1 Å². The van der Waals surface area contributed by atoms with E-state index in [-0.39, 0.29) is 5.56 Å². The number of anilines is 1. The van der Waals surface area contributed by atoms with Gasteiger partial charge in [-0.05, 0) is 37.6 Å². The summed E-state index contributed by atoms with van der Waals surface area (Å²) in [5.41, 5.74) is 4.03. The zero-order valence-electron chi connectivity index (χ0n) is 18.4. The number of likely N-dealkylation sites (N-methyl/N-ethyl adjacent to an activating group) is 1. The van der Waals surface area contributed by atoms with Crippen molar-refractivity contribution in [2.45, 2.75) is 38.1 Å². The highest BCUT2D eigenvalue weighted by Crippen LogP contribution is 2.42. The normalized spacial score (nSPS) is 18.7. The van der Waals surface area contributed by atoms with Crippen molar-refractivity contribution in [3.63, 3.8) is 0 Å². The van der Waals surface area contributed by atoms with E-state index < -0.39 is 0 Å². The van der Waals surface area contributed by atoms with Crippen LogP contribution in [0.25, 0.3) is 32.4 Å². The minimum Gasteiger partial charge on any atom is -0.360 e. The number of thiophene rings is 1. The Bertz CT molecular complexity index is 1320. The van der Waals surface area contributed by atoms with E-state index in [9.17, 15) is 4.79 Å². The molecule has 1 saturated heterocycles. The molecule has 6 rings (SSSR count). The van der Waals surface area contributed by atoms with Crippen LogP contribution in [0, 0.1) is 0 Å². The zero-order valence-corrected chi connectivity index (χ0v) is 19.2. The molecule has 1 aromatic carbocycles. The Hall–Kier alpha value is -2.71. The highest BCUT2D eigenvalue weighted by molar-refractivity contribution is 7.21. The Morgan fingerprint density at radius 2 is 1.88 bits per heavy atom. The Morgan fingerprint density at radius 3 is 2.69 bits per heavy atom. The minimum absolute atomic E-state index is 0.0610. The fourth-order valence-corrected chi connectivity index (χ4v) is 6.51. The van der Waals surface area contributed by atoms with Gasteiger partial charge in [0.1, 0.15) is 10.4 Å². The number of nitrogens with one attached hydrogen (secondary N) is 1. The van der Waals surface area contributed by atoms with Crippen molar-refractivity contribution < 1.29 is 0 Å². The number of aromatic amines is 1. The van der Waals surface area contributed by atoms with Gasteiger partial charge in [-0.15, -0.1) is 11.3 Å². The number of hydrogen-bond donors (Lipinski definition) is 1. The summed E-state index contributed by atoms with van der Waals surface area (Å²) in [7, 11) is 2.14. The van der Waals surface area contributed by atoms with E-state index in [1.54, 1.807) is 11.3 Å². The number of imidazole rings is 1. The van der Waals surface area contributed by atoms with Gasteiger partial charge < -0.3 is 19.4 Å². The van der Waals surface area contributed by atoms with Crippen LogP contribution < -0.4 is 10.5 Å². The van der Waals surface area contributed by atoms with Crippen LogP contribution in [-0.2, 0) is 0 Å². The van der Waals surface area contributed by atoms with E-state index in [4.69, 9.17) is 4.98 Å². The summed E-state index contributed by atoms with van der Waals surface area (Å²) in [4.78, 5) is 30.6. The first kappa shape index (κ1) is 19.9. The number of rotatable bonds is 3. The molecule has 4 aromatic rings. The van der Waals surface area contributed by atoms with Crippen LogP contribution in [0.4, 0.5) is 5.00 Å². The second-order valence-corrected chi connectivity index (χ2v) is 10.1. The second kappa shape index (κ2) is 8.01. The van der Waals surface area contributed by atoms with Crippen molar-refractivity contribution in [3.8, 4) is 10.4 Å². The van der Waals surface area contributed by atoms with Crippen molar-refractivity contribution in [1.29, 1.82) is 0 Å². The summed E-state index contributed by atoms with van der Waals surface area (Å²) in [6.07, 6.45) is 9.96. The van der Waals surface area contributed by atoms with E-state index >= 15 is 0 Å². The van der Waals surface area contributed by atoms with Gasteiger partial charge in [-0.25, -0.2) is 9.97 Å². The van der Waals surface area contributed by atoms with Crippen molar-refractivity contribution >= 4 is 38.3 Å². The van der Waals surface area contributed by atoms with Crippen molar-refractivity contribution in [2.24, 2.45) is 0 Å². The monoisotopic (exact) mass is 448 g/mol. The minimum atomic E-state index is -0.0610. The molecule has 8 heteroatoms. The van der Waals surface area contributed by atoms with E-state index in [0.29, 0.717) is 11.4 Å². The number of hydrogen-bond acceptors (Lipinski definition) is 6. The van der Waals surface area contributed by atoms with E-state index in [1.165, 1.54) is 43.9 Å². The highest BCUT2D eigenvalue weighted by atomic mass is 32.1. The fraction of sp³-hybridized carbons (Fsp3) is 0.458. The summed E-state index contributed by atoms with van der Waals surface area (Å²) in [6.45, 7) is 3.84. The van der Waals surface area contributed by atoms with Gasteiger partial charge in [-0.2, -0.15) is 0 Å². The lowest BCUT2D eigenvalue weighted by atomic mass is 9.95. The molecule has 32 heavy (non-hydrogen) atoms. The van der Waals surface area contributed by atoms with Gasteiger partial charge >= 0.3 is 0 Å². The predicted octanol–water partition coefficient (Wildman–Crippen LogP) is 4.26. The molecule has 1 aliphatic carbocycles. The first-order valence-corrected chi connectivity index (χ1v) is 12.4. The van der Waals surface area contributed by atoms with Gasteiger partial charge in [-0.3, -0.25) is 4.79 Å². The van der Waals surface area contributed by atoms with Gasteiger partial charge in [-0.1, -0.05) is 25.3 Å². The standard InChI is InChI=1S/C24H28N6OS/c1-28-9-11-29(12-10-28)24-20-21(25-14-26-23(20)31)22(32-24)16-7-8-19-18(13-16)27-15-30(19)17-5-3-2-4-6-17/h7-8,13-15,17H,2-6,9-12H2,1H3,(H,25,26,31). The molecular weight excluding hydrogens is 420 g/mol. The quantitative estimate of drug-likeness (QED) is 0.507. The molecule has 0 radical (unpaired) electrons. The summed E-state index contributed by atoms with van der Waals surface area (Å²) >= 11 is 1.68. The number of H-pyrrole nitrogens is 1. The Kier molecular flexibility index (Phi) is 4.99. The maximum absolute atomic E-state index is 12.8. The second-order valence-electron chi connectivity index (χ2n) is 9.13. The number of benzene rings is 1. The molecule has 0 bridgehead atoms. The summed E-state index contributed by atoms with van der Waals surface area (Å²) in [5.74, 6) is 0. The maximum Gasteiger partial charge on any atom is 0.261 e. The number of piperazine rings is 1. The van der Waals surface area contributed by atoms with Gasteiger partial charge in [0.2, 0.25) is 0 Å². The molecule has 0 atom stereocenters. The third-order valence-corrected chi connectivity index (χ3v) is 8.37. The fourth-order valence-electron chi connectivity index (χ4n) is 5.22. The lowest BCUT2D eigenvalue weighted by Gasteiger charge is -2.33. The zero-order chi connectivity index (χ0) is 21.7. The summed E-state index contributed by atoms with van der Waals surface area (Å²) < 4.78 is 2.36. The SMILES string of the molecule is CN1CCN(c2sc(-c3ccc4c(c3)ncn4C3CCCCC3)c3nc[nH]c(=O)c23)CC1. The first-order chi connectivity index (χ1) is 15.7. The topological polar surface area (TPSA) is 70.0 Å². The van der Waals surface area contributed by atoms with Crippen molar-refractivity contribution in [1.82, 2.24) is 24.4 Å². The average Bonchev–Trinajstić information content (AvgIpc) is 3.42. The van der Waals surface area contributed by atoms with E-state index in [0.717, 1.165) is 52.7 Å². The molecular formula is C24H28N6OS. The van der Waals surface area contributed by atoms with Crippen molar-refractivity contribution in [3.05, 3.63) is 41.2 Å². The lowest BCUT2D eigenvalue weighted by Crippen LogP contribution is -2.44. The van der Waals surface area contributed by atoms with Crippen LogP contribution in [-0.4, -0.2) is 57.6 Å². The largest absolute Gasteiger partial charge is 0.360 e. The molecule has 0 unspecified atom stereocenters. The van der Waals surface area contributed by atoms with E-state index in [1.807, 2.05) is 6.33 Å². The molecule has 2 fully saturated rings. The van der Waals surface area contributed by atoms with Crippen molar-refractivity contribution in [2.75, 3.05) is 38.1 Å². The van der Waals surface area contributed by atoms with Crippen LogP contribution in [0.2, 0.25) is 0 Å². The third kappa shape index (κ3) is 3.33. The van der Waals surface area contributed by atoms with Crippen LogP contribution in [0.15, 0.2) is 35.6 Å². The van der Waals surface area contributed by atoms with Gasteiger partial charge in [0, 0.05) is 32.2 Å². The van der Waals surface area contributed by atoms with E-state index in [2.05, 4.69) is 49.6 Å². The molecule has 1 saturated carbocycles. The molecule has 166 valence electrons. The lowest BCUT2D eigenvalue weighted by molar-refractivity contribution is 0.313. The Labute approximate surface area is 190 Å². The molecule has 1 N–H and O–H groups in total. The number of fused-ring (bicyclic) bond motifs is 2. The number of aromatic nitrogens is 4. The number of nitrogens with zero attached hydrogens (tertiary/aromatic N) is 5. The van der Waals surface area contributed by atoms with Crippen LogP contribution in [0.5, 0.6) is 0 Å². The maximum atomic E-state index is 12.8. The smallest absolute Gasteiger partial charge is 0.261 e. The highest BCUT2D eigenvalue weighted by Gasteiger charge is 2.24. The van der Waals surface area contributed by atoms with Gasteiger partial charge in [0.15, 0.2) is 0 Å². The molecule has 0 spiro atoms. The Morgan fingerprint density at radius 1 is 1.06 bits per heavy atom. The third-order valence-electron chi connectivity index (χ3n) is 7.08. The average molecular weight is 449 g/mol. The molecule has 1 aliphatic heterocycles. The van der Waals surface area contributed by atoms with Crippen LogP contribution >= 0.6 is 11.3 Å². The molecule has 4 heterocycles. The Balaban J connectivity index is 1.44. The van der Waals surface area contributed by atoms with Gasteiger partial charge in [0.05, 0.1) is 34.1 Å². The molecule has 3 aromatic heterocycles. The van der Waals surface area contributed by atoms with Crippen LogP contribution in [0.3, 0.4) is 0 Å². The first-order valence-electron chi connectivity index (χ1n) is 11.6. The summed E-state index contributed by atoms with van der Waals surface area (Å²) in [6, 6.07) is 7.09.